The maximum Gasteiger partial charge on any atom is 0.320 e. The number of anilines is 1. The Labute approximate surface area is 83.1 Å². The van der Waals surface area contributed by atoms with Crippen LogP contribution in [0.2, 0.25) is 0 Å². The summed E-state index contributed by atoms with van der Waals surface area (Å²) >= 11 is 5.37. The highest BCUT2D eigenvalue weighted by atomic mass is 35.5. The molecular weight excluding hydrogens is 186 g/mol. The number of carbonyl (C=O) groups is 1. The van der Waals surface area contributed by atoms with Crippen molar-refractivity contribution in [3.63, 3.8) is 0 Å². The van der Waals surface area contributed by atoms with Crippen molar-refractivity contribution in [2.75, 3.05) is 11.9 Å². The molecular formula is C10H12ClNO. The Kier molecular flexibility index (Phi) is 2.94. The van der Waals surface area contributed by atoms with Crippen LogP contribution in [0.25, 0.3) is 0 Å². The third kappa shape index (κ3) is 2.22. The molecule has 1 amide bonds. The Bertz CT molecular complexity index is 336. The summed E-state index contributed by atoms with van der Waals surface area (Å²) in [7, 11) is 1.66. The Morgan fingerprint density at radius 3 is 2.54 bits per heavy atom. The number of amides is 1. The molecule has 0 heterocycles. The van der Waals surface area contributed by atoms with Crippen LogP contribution in [0.3, 0.4) is 0 Å². The molecule has 2 nitrogen and oxygen atoms in total. The number of rotatable bonds is 1. The maximum absolute atomic E-state index is 10.9. The molecule has 0 saturated heterocycles. The third-order valence-electron chi connectivity index (χ3n) is 1.99. The lowest BCUT2D eigenvalue weighted by atomic mass is 10.1. The van der Waals surface area contributed by atoms with Crippen LogP contribution in [0, 0.1) is 13.8 Å². The summed E-state index contributed by atoms with van der Waals surface area (Å²) in [5.41, 5.74) is 3.02. The predicted octanol–water partition coefficient (Wildman–Crippen LogP) is 3.10. The molecule has 0 aromatic heterocycles. The monoisotopic (exact) mass is 197 g/mol. The van der Waals surface area contributed by atoms with E-state index in [0.29, 0.717) is 0 Å². The molecule has 3 heteroatoms. The molecule has 1 rings (SSSR count). The maximum atomic E-state index is 10.9. The molecule has 0 radical (unpaired) electrons. The lowest BCUT2D eigenvalue weighted by Gasteiger charge is -2.16. The summed E-state index contributed by atoms with van der Waals surface area (Å²) in [5.74, 6) is 0. The molecule has 0 aliphatic rings. The highest BCUT2D eigenvalue weighted by Crippen LogP contribution is 2.21. The second kappa shape index (κ2) is 3.79. The van der Waals surface area contributed by atoms with E-state index in [2.05, 4.69) is 0 Å². The number of hydrogen-bond acceptors (Lipinski definition) is 1. The smallest absolute Gasteiger partial charge is 0.302 e. The SMILES string of the molecule is Cc1ccc(C)c(N(C)C(=O)Cl)c1. The highest BCUT2D eigenvalue weighted by Gasteiger charge is 2.09. The summed E-state index contributed by atoms with van der Waals surface area (Å²) in [6, 6.07) is 5.92. The molecule has 0 unspecified atom stereocenters. The number of carbonyl (C=O) groups excluding carboxylic acids is 1. The zero-order valence-electron chi connectivity index (χ0n) is 7.97. The zero-order chi connectivity index (χ0) is 10.0. The van der Waals surface area contributed by atoms with E-state index in [0.717, 1.165) is 16.8 Å². The van der Waals surface area contributed by atoms with Gasteiger partial charge in [-0.1, -0.05) is 12.1 Å². The van der Waals surface area contributed by atoms with Crippen molar-refractivity contribution in [2.45, 2.75) is 13.8 Å². The van der Waals surface area contributed by atoms with Crippen LogP contribution in [0.1, 0.15) is 11.1 Å². The largest absolute Gasteiger partial charge is 0.320 e. The van der Waals surface area contributed by atoms with Gasteiger partial charge in [0.15, 0.2) is 0 Å². The van der Waals surface area contributed by atoms with Crippen molar-refractivity contribution in [3.8, 4) is 0 Å². The Morgan fingerprint density at radius 2 is 2.00 bits per heavy atom. The van der Waals surface area contributed by atoms with Gasteiger partial charge in [0.25, 0.3) is 0 Å². The van der Waals surface area contributed by atoms with Crippen molar-refractivity contribution in [1.29, 1.82) is 0 Å². The minimum atomic E-state index is -0.464. The average Bonchev–Trinajstić information content (AvgIpc) is 2.08. The van der Waals surface area contributed by atoms with Crippen molar-refractivity contribution >= 4 is 22.7 Å². The number of benzene rings is 1. The standard InChI is InChI=1S/C10H12ClNO/c1-7-4-5-8(2)9(6-7)12(3)10(11)13/h4-6H,1-3H3. The van der Waals surface area contributed by atoms with Crippen molar-refractivity contribution in [3.05, 3.63) is 29.3 Å². The molecule has 0 spiro atoms. The molecule has 0 aliphatic carbocycles. The molecule has 1 aromatic rings. The zero-order valence-corrected chi connectivity index (χ0v) is 8.72. The molecule has 0 fully saturated rings. The quantitative estimate of drug-likeness (QED) is 0.501. The van der Waals surface area contributed by atoms with Crippen molar-refractivity contribution in [2.24, 2.45) is 0 Å². The van der Waals surface area contributed by atoms with Gasteiger partial charge in [0.1, 0.15) is 0 Å². The summed E-state index contributed by atoms with van der Waals surface area (Å²) in [6.45, 7) is 3.93. The van der Waals surface area contributed by atoms with E-state index in [1.165, 1.54) is 4.90 Å². The lowest BCUT2D eigenvalue weighted by Crippen LogP contribution is -2.20. The van der Waals surface area contributed by atoms with E-state index in [1.807, 2.05) is 32.0 Å². The van der Waals surface area contributed by atoms with Crippen molar-refractivity contribution < 1.29 is 4.79 Å². The summed E-state index contributed by atoms with van der Waals surface area (Å²) in [4.78, 5) is 12.3. The topological polar surface area (TPSA) is 20.3 Å². The van der Waals surface area contributed by atoms with E-state index < -0.39 is 5.37 Å². The van der Waals surface area contributed by atoms with Crippen LogP contribution in [-0.4, -0.2) is 12.4 Å². The molecule has 1 aromatic carbocycles. The van der Waals surface area contributed by atoms with E-state index in [4.69, 9.17) is 11.6 Å². The van der Waals surface area contributed by atoms with Crippen LogP contribution in [0.15, 0.2) is 18.2 Å². The molecule has 0 bridgehead atoms. The number of aryl methyl sites for hydroxylation is 2. The Morgan fingerprint density at radius 1 is 1.38 bits per heavy atom. The first-order valence-electron chi connectivity index (χ1n) is 4.03. The van der Waals surface area contributed by atoms with E-state index in [1.54, 1.807) is 7.05 Å². The van der Waals surface area contributed by atoms with Gasteiger partial charge in [-0.15, -0.1) is 0 Å². The van der Waals surface area contributed by atoms with Crippen LogP contribution in [-0.2, 0) is 0 Å². The third-order valence-corrected chi connectivity index (χ3v) is 2.24. The first-order valence-corrected chi connectivity index (χ1v) is 4.40. The second-order valence-electron chi connectivity index (χ2n) is 3.10. The number of halogens is 1. The molecule has 0 atom stereocenters. The van der Waals surface area contributed by atoms with Gasteiger partial charge < -0.3 is 4.90 Å². The predicted molar refractivity (Wildman–Crippen MR) is 55.6 cm³/mol. The van der Waals surface area contributed by atoms with Gasteiger partial charge in [-0.05, 0) is 42.6 Å². The highest BCUT2D eigenvalue weighted by molar-refractivity contribution is 6.66. The van der Waals surface area contributed by atoms with Gasteiger partial charge in [-0.2, -0.15) is 0 Å². The molecule has 0 aliphatic heterocycles. The van der Waals surface area contributed by atoms with Gasteiger partial charge in [0, 0.05) is 12.7 Å². The van der Waals surface area contributed by atoms with Crippen LogP contribution in [0.4, 0.5) is 10.5 Å². The fourth-order valence-corrected chi connectivity index (χ4v) is 1.27. The summed E-state index contributed by atoms with van der Waals surface area (Å²) in [6.07, 6.45) is 0. The van der Waals surface area contributed by atoms with E-state index >= 15 is 0 Å². The van der Waals surface area contributed by atoms with Gasteiger partial charge in [-0.3, -0.25) is 4.79 Å². The first-order chi connectivity index (χ1) is 6.02. The van der Waals surface area contributed by atoms with Crippen LogP contribution in [0.5, 0.6) is 0 Å². The Balaban J connectivity index is 3.12. The lowest BCUT2D eigenvalue weighted by molar-refractivity contribution is 0.265. The second-order valence-corrected chi connectivity index (χ2v) is 3.43. The molecule has 70 valence electrons. The molecule has 0 saturated carbocycles. The Hall–Kier alpha value is -1.02. The average molecular weight is 198 g/mol. The fraction of sp³-hybridized carbons (Fsp3) is 0.300. The van der Waals surface area contributed by atoms with Crippen molar-refractivity contribution in [1.82, 2.24) is 0 Å². The summed E-state index contributed by atoms with van der Waals surface area (Å²) in [5, 5.41) is -0.464. The molecule has 0 N–H and O–H groups in total. The van der Waals surface area contributed by atoms with Gasteiger partial charge in [-0.25, -0.2) is 0 Å². The minimum absolute atomic E-state index is 0.464. The first kappa shape index (κ1) is 10.1. The van der Waals surface area contributed by atoms with Crippen LogP contribution < -0.4 is 4.90 Å². The molecule has 13 heavy (non-hydrogen) atoms. The normalized spacial score (nSPS) is 9.85. The summed E-state index contributed by atoms with van der Waals surface area (Å²) < 4.78 is 0. The minimum Gasteiger partial charge on any atom is -0.302 e. The number of nitrogens with zero attached hydrogens (tertiary/aromatic N) is 1. The van der Waals surface area contributed by atoms with E-state index in [-0.39, 0.29) is 0 Å². The number of hydrogen-bond donors (Lipinski definition) is 0. The fourth-order valence-electron chi connectivity index (χ4n) is 1.18. The van der Waals surface area contributed by atoms with Crippen LogP contribution >= 0.6 is 11.6 Å². The van der Waals surface area contributed by atoms with Gasteiger partial charge in [0.2, 0.25) is 0 Å². The van der Waals surface area contributed by atoms with E-state index in [9.17, 15) is 4.79 Å². The van der Waals surface area contributed by atoms with Gasteiger partial charge >= 0.3 is 5.37 Å². The van der Waals surface area contributed by atoms with Gasteiger partial charge in [0.05, 0.1) is 0 Å².